The van der Waals surface area contributed by atoms with Crippen molar-refractivity contribution in [3.8, 4) is 0 Å². The molecule has 0 unspecified atom stereocenters. The molecule has 0 aliphatic heterocycles. The van der Waals surface area contributed by atoms with Gasteiger partial charge in [-0.05, 0) is 40.2 Å². The minimum Gasteiger partial charge on any atom is -0.389 e. The predicted octanol–water partition coefficient (Wildman–Crippen LogP) is 5.13. The molecule has 2 aromatic carbocycles. The van der Waals surface area contributed by atoms with E-state index in [9.17, 15) is 0 Å². The summed E-state index contributed by atoms with van der Waals surface area (Å²) in [5.41, 5.74) is 7.92. The van der Waals surface area contributed by atoms with E-state index in [1.54, 1.807) is 0 Å². The average molecular weight is 376 g/mol. The molecule has 0 atom stereocenters. The topological polar surface area (TPSA) is 38.0 Å². The maximum atomic E-state index is 6.19. The molecule has 0 bridgehead atoms. The van der Waals surface area contributed by atoms with Gasteiger partial charge in [0.25, 0.3) is 0 Å². The zero-order valence-corrected chi connectivity index (χ0v) is 13.5. The highest BCUT2D eigenvalue weighted by Crippen LogP contribution is 2.37. The van der Waals surface area contributed by atoms with Gasteiger partial charge in [-0.3, -0.25) is 0 Å². The first-order valence-electron chi connectivity index (χ1n) is 5.30. The summed E-state index contributed by atoms with van der Waals surface area (Å²) in [6.07, 6.45) is 0. The van der Waals surface area contributed by atoms with Crippen LogP contribution in [0, 0.1) is 0 Å². The molecule has 0 spiro atoms. The van der Waals surface area contributed by atoms with Crippen molar-refractivity contribution >= 4 is 67.7 Å². The van der Waals surface area contributed by atoms with Gasteiger partial charge in [-0.15, -0.1) is 0 Å². The Morgan fingerprint density at radius 2 is 1.74 bits per heavy atom. The summed E-state index contributed by atoms with van der Waals surface area (Å²) in [5, 5.41) is 4.08. The first kappa shape index (κ1) is 14.6. The van der Waals surface area contributed by atoms with Gasteiger partial charge in [-0.1, -0.05) is 47.6 Å². The monoisotopic (exact) mass is 374 g/mol. The van der Waals surface area contributed by atoms with E-state index in [1.807, 2.05) is 36.4 Å². The fourth-order valence-electron chi connectivity index (χ4n) is 1.57. The summed E-state index contributed by atoms with van der Waals surface area (Å²) >= 11 is 20.6. The molecule has 0 aromatic heterocycles. The first-order valence-corrected chi connectivity index (χ1v) is 7.25. The predicted molar refractivity (Wildman–Crippen MR) is 89.8 cm³/mol. The van der Waals surface area contributed by atoms with E-state index in [4.69, 9.17) is 41.2 Å². The molecule has 0 amide bonds. The lowest BCUT2D eigenvalue weighted by Crippen LogP contribution is -2.11. The van der Waals surface area contributed by atoms with Crippen LogP contribution in [0.15, 0.2) is 40.9 Å². The van der Waals surface area contributed by atoms with Crippen molar-refractivity contribution in [2.45, 2.75) is 0 Å². The standard InChI is InChI=1S/C13H9BrCl2N2S/c14-8-5-6-10(12(16)11(8)15)18-9-4-2-1-3-7(9)13(17)19/h1-6,18H,(H2,17,19). The highest BCUT2D eigenvalue weighted by molar-refractivity contribution is 9.10. The molecule has 0 fully saturated rings. The van der Waals surface area contributed by atoms with Gasteiger partial charge in [-0.2, -0.15) is 0 Å². The minimum absolute atomic E-state index is 0.322. The summed E-state index contributed by atoms with van der Waals surface area (Å²) in [6.45, 7) is 0. The zero-order valence-electron chi connectivity index (χ0n) is 9.58. The van der Waals surface area contributed by atoms with Crippen LogP contribution in [0.2, 0.25) is 10.0 Å². The second kappa shape index (κ2) is 6.09. The van der Waals surface area contributed by atoms with Crippen LogP contribution in [0.25, 0.3) is 0 Å². The quantitative estimate of drug-likeness (QED) is 0.576. The Kier molecular flexibility index (Phi) is 4.68. The van der Waals surface area contributed by atoms with E-state index < -0.39 is 0 Å². The summed E-state index contributed by atoms with van der Waals surface area (Å²) in [6, 6.07) is 11.1. The van der Waals surface area contributed by atoms with E-state index in [-0.39, 0.29) is 0 Å². The van der Waals surface area contributed by atoms with Crippen molar-refractivity contribution in [1.82, 2.24) is 0 Å². The fraction of sp³-hybridized carbons (Fsp3) is 0. The molecular weight excluding hydrogens is 367 g/mol. The highest BCUT2D eigenvalue weighted by atomic mass is 79.9. The first-order chi connectivity index (χ1) is 9.00. The Morgan fingerprint density at radius 3 is 2.42 bits per heavy atom. The van der Waals surface area contributed by atoms with Gasteiger partial charge in [0, 0.05) is 15.7 Å². The number of anilines is 2. The Bertz CT molecular complexity index is 647. The molecule has 0 aliphatic carbocycles. The van der Waals surface area contributed by atoms with Gasteiger partial charge in [-0.25, -0.2) is 0 Å². The van der Waals surface area contributed by atoms with E-state index in [2.05, 4.69) is 21.2 Å². The largest absolute Gasteiger partial charge is 0.389 e. The minimum atomic E-state index is 0.322. The van der Waals surface area contributed by atoms with Crippen molar-refractivity contribution < 1.29 is 0 Å². The lowest BCUT2D eigenvalue weighted by atomic mass is 10.1. The van der Waals surface area contributed by atoms with Gasteiger partial charge in [0.1, 0.15) is 4.99 Å². The third-order valence-corrected chi connectivity index (χ3v) is 4.49. The van der Waals surface area contributed by atoms with E-state index in [0.717, 1.165) is 15.7 Å². The van der Waals surface area contributed by atoms with Gasteiger partial charge in [0.15, 0.2) is 0 Å². The Labute approximate surface area is 135 Å². The van der Waals surface area contributed by atoms with Crippen molar-refractivity contribution in [1.29, 1.82) is 0 Å². The Hall–Kier alpha value is -0.810. The lowest BCUT2D eigenvalue weighted by Gasteiger charge is -2.13. The van der Waals surface area contributed by atoms with Gasteiger partial charge < -0.3 is 11.1 Å². The van der Waals surface area contributed by atoms with E-state index in [0.29, 0.717) is 20.7 Å². The number of benzene rings is 2. The number of para-hydroxylation sites is 1. The smallest absolute Gasteiger partial charge is 0.106 e. The van der Waals surface area contributed by atoms with Crippen molar-refractivity contribution in [3.05, 3.63) is 56.5 Å². The summed E-state index contributed by atoms with van der Waals surface area (Å²) in [5.74, 6) is 0. The van der Waals surface area contributed by atoms with Crippen LogP contribution in [-0.2, 0) is 0 Å². The average Bonchev–Trinajstić information content (AvgIpc) is 2.40. The number of nitrogens with one attached hydrogen (secondary N) is 1. The van der Waals surface area contributed by atoms with Crippen molar-refractivity contribution in [2.75, 3.05) is 5.32 Å². The number of hydrogen-bond donors (Lipinski definition) is 2. The number of halogens is 3. The van der Waals surface area contributed by atoms with Crippen molar-refractivity contribution in [2.24, 2.45) is 5.73 Å². The maximum absolute atomic E-state index is 6.19. The van der Waals surface area contributed by atoms with E-state index >= 15 is 0 Å². The molecule has 98 valence electrons. The number of hydrogen-bond acceptors (Lipinski definition) is 2. The number of rotatable bonds is 3. The zero-order chi connectivity index (χ0) is 14.0. The second-order valence-corrected chi connectivity index (χ2v) is 5.81. The normalized spacial score (nSPS) is 10.3. The second-order valence-electron chi connectivity index (χ2n) is 3.76. The maximum Gasteiger partial charge on any atom is 0.106 e. The van der Waals surface area contributed by atoms with Crippen molar-refractivity contribution in [3.63, 3.8) is 0 Å². The SMILES string of the molecule is NC(=S)c1ccccc1Nc1ccc(Br)c(Cl)c1Cl. The molecule has 0 saturated heterocycles. The van der Waals surface area contributed by atoms with Crippen LogP contribution in [0.4, 0.5) is 11.4 Å². The van der Waals surface area contributed by atoms with Crippen LogP contribution in [-0.4, -0.2) is 4.99 Å². The van der Waals surface area contributed by atoms with Gasteiger partial charge >= 0.3 is 0 Å². The number of thiocarbonyl (C=S) groups is 1. The highest BCUT2D eigenvalue weighted by Gasteiger charge is 2.10. The summed E-state index contributed by atoms with van der Waals surface area (Å²) < 4.78 is 0.743. The molecular formula is C13H9BrCl2N2S. The molecule has 2 aromatic rings. The summed E-state index contributed by atoms with van der Waals surface area (Å²) in [4.78, 5) is 0.322. The lowest BCUT2D eigenvalue weighted by molar-refractivity contribution is 1.51. The molecule has 0 saturated carbocycles. The van der Waals surface area contributed by atoms with Crippen LogP contribution in [0.1, 0.15) is 5.56 Å². The van der Waals surface area contributed by atoms with Gasteiger partial charge in [0.05, 0.1) is 15.7 Å². The third kappa shape index (κ3) is 3.20. The summed E-state index contributed by atoms with van der Waals surface area (Å²) in [7, 11) is 0. The molecule has 6 heteroatoms. The Balaban J connectivity index is 2.42. The molecule has 2 nitrogen and oxygen atoms in total. The molecule has 0 aliphatic rings. The molecule has 0 radical (unpaired) electrons. The van der Waals surface area contributed by atoms with Crippen LogP contribution in [0.5, 0.6) is 0 Å². The molecule has 19 heavy (non-hydrogen) atoms. The third-order valence-electron chi connectivity index (χ3n) is 2.50. The number of nitrogens with two attached hydrogens (primary N) is 1. The van der Waals surface area contributed by atoms with E-state index in [1.165, 1.54) is 0 Å². The molecule has 3 N–H and O–H groups in total. The van der Waals surface area contributed by atoms with Crippen LogP contribution >= 0.6 is 51.3 Å². The fourth-order valence-corrected chi connectivity index (χ4v) is 2.57. The Morgan fingerprint density at radius 1 is 1.05 bits per heavy atom. The van der Waals surface area contributed by atoms with Gasteiger partial charge in [0.2, 0.25) is 0 Å². The van der Waals surface area contributed by atoms with Crippen LogP contribution in [0.3, 0.4) is 0 Å². The van der Waals surface area contributed by atoms with Crippen LogP contribution < -0.4 is 11.1 Å². The molecule has 0 heterocycles. The molecule has 2 rings (SSSR count).